The zero-order valence-electron chi connectivity index (χ0n) is 16.9. The number of aromatic hydroxyl groups is 1. The zero-order chi connectivity index (χ0) is 23.1. The lowest BCUT2D eigenvalue weighted by molar-refractivity contribution is 0.0952. The van der Waals surface area contributed by atoms with Crippen LogP contribution in [0.3, 0.4) is 0 Å². The molecule has 0 heterocycles. The van der Waals surface area contributed by atoms with Gasteiger partial charge in [-0.2, -0.15) is 5.10 Å². The SMILES string of the molecule is CCOc1cc(/C=N\NC(=O)c2ccccc2O)cc(Br)c1OCc1ccc(Cl)cc1Cl. The summed E-state index contributed by atoms with van der Waals surface area (Å²) in [5, 5.41) is 14.8. The van der Waals surface area contributed by atoms with Crippen molar-refractivity contribution in [2.45, 2.75) is 13.5 Å². The molecule has 6 nitrogen and oxygen atoms in total. The fourth-order valence-corrected chi connectivity index (χ4v) is 3.78. The Morgan fingerprint density at radius 1 is 1.16 bits per heavy atom. The molecule has 3 aromatic carbocycles. The van der Waals surface area contributed by atoms with Crippen molar-refractivity contribution in [1.82, 2.24) is 5.43 Å². The average molecular weight is 538 g/mol. The third-order valence-corrected chi connectivity index (χ3v) is 5.42. The van der Waals surface area contributed by atoms with Crippen molar-refractivity contribution in [2.24, 2.45) is 5.10 Å². The number of nitrogens with zero attached hydrogens (tertiary/aromatic N) is 1. The van der Waals surface area contributed by atoms with Gasteiger partial charge in [-0.15, -0.1) is 0 Å². The lowest BCUT2D eigenvalue weighted by atomic mass is 10.2. The monoisotopic (exact) mass is 536 g/mol. The van der Waals surface area contributed by atoms with Crippen molar-refractivity contribution in [3.8, 4) is 17.2 Å². The largest absolute Gasteiger partial charge is 0.507 e. The second-order valence-corrected chi connectivity index (χ2v) is 8.20. The molecule has 32 heavy (non-hydrogen) atoms. The molecular formula is C23H19BrCl2N2O4. The first kappa shape index (κ1) is 23.9. The third kappa shape index (κ3) is 6.16. The van der Waals surface area contributed by atoms with Crippen LogP contribution in [0.2, 0.25) is 10.0 Å². The van der Waals surface area contributed by atoms with Gasteiger partial charge in [0.2, 0.25) is 0 Å². The maximum atomic E-state index is 12.2. The van der Waals surface area contributed by atoms with Gasteiger partial charge in [0, 0.05) is 15.6 Å². The van der Waals surface area contributed by atoms with Crippen molar-refractivity contribution >= 4 is 51.3 Å². The Labute approximate surface area is 203 Å². The van der Waals surface area contributed by atoms with E-state index in [1.165, 1.54) is 18.3 Å². The Kier molecular flexibility index (Phi) is 8.39. The molecule has 0 saturated heterocycles. The van der Waals surface area contributed by atoms with E-state index in [1.807, 2.05) is 6.92 Å². The van der Waals surface area contributed by atoms with Crippen molar-refractivity contribution < 1.29 is 19.4 Å². The van der Waals surface area contributed by atoms with E-state index in [4.69, 9.17) is 32.7 Å². The minimum Gasteiger partial charge on any atom is -0.507 e. The van der Waals surface area contributed by atoms with Gasteiger partial charge in [-0.3, -0.25) is 4.79 Å². The van der Waals surface area contributed by atoms with Crippen LogP contribution in [0.5, 0.6) is 17.2 Å². The normalized spacial score (nSPS) is 10.9. The lowest BCUT2D eigenvalue weighted by Gasteiger charge is -2.15. The Morgan fingerprint density at radius 2 is 1.94 bits per heavy atom. The summed E-state index contributed by atoms with van der Waals surface area (Å²) in [7, 11) is 0. The zero-order valence-corrected chi connectivity index (χ0v) is 20.0. The molecule has 3 rings (SSSR count). The minimum atomic E-state index is -0.525. The van der Waals surface area contributed by atoms with Crippen LogP contribution in [-0.2, 0) is 6.61 Å². The van der Waals surface area contributed by atoms with Crippen molar-refractivity contribution in [2.75, 3.05) is 6.61 Å². The summed E-state index contributed by atoms with van der Waals surface area (Å²) in [6.07, 6.45) is 1.46. The second kappa shape index (κ2) is 11.2. The van der Waals surface area contributed by atoms with E-state index in [0.29, 0.717) is 38.2 Å². The maximum Gasteiger partial charge on any atom is 0.275 e. The van der Waals surface area contributed by atoms with Gasteiger partial charge in [0.25, 0.3) is 5.91 Å². The van der Waals surface area contributed by atoms with Gasteiger partial charge in [0.05, 0.1) is 22.9 Å². The van der Waals surface area contributed by atoms with Crippen LogP contribution >= 0.6 is 39.1 Å². The molecule has 166 valence electrons. The summed E-state index contributed by atoms with van der Waals surface area (Å²) in [6, 6.07) is 14.9. The number of phenolic OH excluding ortho intramolecular Hbond substituents is 1. The first-order valence-electron chi connectivity index (χ1n) is 9.53. The highest BCUT2D eigenvalue weighted by atomic mass is 79.9. The fourth-order valence-electron chi connectivity index (χ4n) is 2.75. The number of carbonyl (C=O) groups excluding carboxylic acids is 1. The number of rotatable bonds is 8. The quantitative estimate of drug-likeness (QED) is 0.264. The molecule has 0 saturated carbocycles. The molecule has 0 aliphatic carbocycles. The number of ether oxygens (including phenoxy) is 2. The van der Waals surface area contributed by atoms with Crippen molar-refractivity contribution in [1.29, 1.82) is 0 Å². The number of benzene rings is 3. The summed E-state index contributed by atoms with van der Waals surface area (Å²) in [6.45, 7) is 2.51. The molecule has 3 aromatic rings. The highest BCUT2D eigenvalue weighted by Gasteiger charge is 2.14. The molecule has 0 fully saturated rings. The molecule has 0 unspecified atom stereocenters. The predicted octanol–water partition coefficient (Wildman–Crippen LogP) is 6.20. The number of carbonyl (C=O) groups is 1. The summed E-state index contributed by atoms with van der Waals surface area (Å²) < 4.78 is 12.3. The van der Waals surface area contributed by atoms with Gasteiger partial charge in [-0.1, -0.05) is 41.4 Å². The van der Waals surface area contributed by atoms with Gasteiger partial charge < -0.3 is 14.6 Å². The highest BCUT2D eigenvalue weighted by molar-refractivity contribution is 9.10. The first-order valence-corrected chi connectivity index (χ1v) is 11.1. The van der Waals surface area contributed by atoms with Gasteiger partial charge in [-0.05, 0) is 64.8 Å². The van der Waals surface area contributed by atoms with Crippen LogP contribution in [0.4, 0.5) is 0 Å². The first-order chi connectivity index (χ1) is 15.4. The topological polar surface area (TPSA) is 80.2 Å². The Hall–Kier alpha value is -2.74. The third-order valence-electron chi connectivity index (χ3n) is 4.25. The van der Waals surface area contributed by atoms with E-state index in [9.17, 15) is 9.90 Å². The molecular weight excluding hydrogens is 519 g/mol. The van der Waals surface area contributed by atoms with E-state index < -0.39 is 5.91 Å². The molecule has 9 heteroatoms. The Balaban J connectivity index is 1.75. The summed E-state index contributed by atoms with van der Waals surface area (Å²) >= 11 is 15.7. The van der Waals surface area contributed by atoms with Gasteiger partial charge >= 0.3 is 0 Å². The summed E-state index contributed by atoms with van der Waals surface area (Å²) in [5.41, 5.74) is 3.96. The number of hydrogen-bond acceptors (Lipinski definition) is 5. The van der Waals surface area contributed by atoms with Crippen LogP contribution in [0.1, 0.15) is 28.4 Å². The molecule has 0 spiro atoms. The Bertz CT molecular complexity index is 1150. The summed E-state index contributed by atoms with van der Waals surface area (Å²) in [4.78, 5) is 12.2. The molecule has 0 aromatic heterocycles. The summed E-state index contributed by atoms with van der Waals surface area (Å²) in [5.74, 6) is 0.362. The van der Waals surface area contributed by atoms with Crippen LogP contribution in [0.15, 0.2) is 64.2 Å². The molecule has 2 N–H and O–H groups in total. The van der Waals surface area contributed by atoms with E-state index in [1.54, 1.807) is 42.5 Å². The van der Waals surface area contributed by atoms with E-state index in [2.05, 4.69) is 26.5 Å². The molecule has 1 amide bonds. The number of halogens is 3. The maximum absolute atomic E-state index is 12.2. The van der Waals surface area contributed by atoms with Crippen LogP contribution in [0, 0.1) is 0 Å². The predicted molar refractivity (Wildman–Crippen MR) is 129 cm³/mol. The number of para-hydroxylation sites is 1. The van der Waals surface area contributed by atoms with E-state index in [-0.39, 0.29) is 17.9 Å². The Morgan fingerprint density at radius 3 is 2.66 bits per heavy atom. The number of amides is 1. The van der Waals surface area contributed by atoms with E-state index in [0.717, 1.165) is 5.56 Å². The number of nitrogens with one attached hydrogen (secondary N) is 1. The molecule has 0 bridgehead atoms. The van der Waals surface area contributed by atoms with E-state index >= 15 is 0 Å². The van der Waals surface area contributed by atoms with Gasteiger partial charge in [0.15, 0.2) is 11.5 Å². The second-order valence-electron chi connectivity index (χ2n) is 6.50. The van der Waals surface area contributed by atoms with Crippen molar-refractivity contribution in [3.63, 3.8) is 0 Å². The van der Waals surface area contributed by atoms with Crippen LogP contribution in [0.25, 0.3) is 0 Å². The fraction of sp³-hybridized carbons (Fsp3) is 0.130. The van der Waals surface area contributed by atoms with Gasteiger partial charge in [-0.25, -0.2) is 5.43 Å². The average Bonchev–Trinajstić information content (AvgIpc) is 2.75. The molecule has 0 aliphatic rings. The molecule has 0 atom stereocenters. The number of phenols is 1. The number of hydrazone groups is 1. The van der Waals surface area contributed by atoms with Crippen LogP contribution < -0.4 is 14.9 Å². The smallest absolute Gasteiger partial charge is 0.275 e. The minimum absolute atomic E-state index is 0.121. The highest BCUT2D eigenvalue weighted by Crippen LogP contribution is 2.37. The van der Waals surface area contributed by atoms with Crippen molar-refractivity contribution in [3.05, 3.63) is 85.8 Å². The lowest BCUT2D eigenvalue weighted by Crippen LogP contribution is -2.17. The molecule has 0 aliphatic heterocycles. The molecule has 0 radical (unpaired) electrons. The van der Waals surface area contributed by atoms with Gasteiger partial charge in [0.1, 0.15) is 12.4 Å². The standard InChI is InChI=1S/C23H19BrCl2N2O4/c1-2-31-21-10-14(12-27-28-23(30)17-5-3-4-6-20(17)29)9-18(24)22(21)32-13-15-7-8-16(25)11-19(15)26/h3-12,29H,2,13H2,1H3,(H,28,30)/b27-12-. The van der Waals surface area contributed by atoms with Crippen LogP contribution in [-0.4, -0.2) is 23.8 Å². The number of hydrogen-bond donors (Lipinski definition) is 2.